The van der Waals surface area contributed by atoms with Crippen molar-refractivity contribution < 1.29 is 4.74 Å². The molecule has 1 aromatic heterocycles. The summed E-state index contributed by atoms with van der Waals surface area (Å²) in [5, 5.41) is 10.8. The van der Waals surface area contributed by atoms with Crippen molar-refractivity contribution >= 4 is 0 Å². The number of nitrogens with zero attached hydrogens (tertiary/aromatic N) is 1. The van der Waals surface area contributed by atoms with Gasteiger partial charge < -0.3 is 10.1 Å². The van der Waals surface area contributed by atoms with E-state index in [0.29, 0.717) is 6.61 Å². The van der Waals surface area contributed by atoms with E-state index in [1.165, 1.54) is 5.56 Å². The smallest absolute Gasteiger partial charge is 0.128 e. The van der Waals surface area contributed by atoms with Gasteiger partial charge in [-0.15, -0.1) is 0 Å². The molecule has 24 heavy (non-hydrogen) atoms. The predicted octanol–water partition coefficient (Wildman–Crippen LogP) is 3.81. The number of rotatable bonds is 8. The lowest BCUT2D eigenvalue weighted by Gasteiger charge is -2.10. The second-order valence-corrected chi connectivity index (χ2v) is 5.64. The minimum atomic E-state index is 0.649. The SMILES string of the molecule is CCNCc1cc(-c2ccccc2OCCc2ccccc2)n[nH]1. The molecular weight excluding hydrogens is 298 g/mol. The second-order valence-electron chi connectivity index (χ2n) is 5.64. The standard InChI is InChI=1S/C20H23N3O/c1-2-21-15-17-14-19(23-22-17)18-10-6-7-11-20(18)24-13-12-16-8-4-3-5-9-16/h3-11,14,21H,2,12-13,15H2,1H3,(H,22,23). The fourth-order valence-electron chi connectivity index (χ4n) is 2.58. The molecule has 2 aromatic carbocycles. The van der Waals surface area contributed by atoms with Crippen LogP contribution in [0.3, 0.4) is 0 Å². The largest absolute Gasteiger partial charge is 0.493 e. The summed E-state index contributed by atoms with van der Waals surface area (Å²) in [4.78, 5) is 0. The molecule has 0 atom stereocenters. The molecule has 0 fully saturated rings. The quantitative estimate of drug-likeness (QED) is 0.663. The molecule has 0 amide bonds. The summed E-state index contributed by atoms with van der Waals surface area (Å²) in [6, 6.07) is 20.5. The van der Waals surface area contributed by atoms with Crippen molar-refractivity contribution in [2.75, 3.05) is 13.2 Å². The molecule has 3 aromatic rings. The number of hydrogen-bond acceptors (Lipinski definition) is 3. The van der Waals surface area contributed by atoms with Crippen molar-refractivity contribution in [3.8, 4) is 17.0 Å². The van der Waals surface area contributed by atoms with Crippen molar-refractivity contribution in [3.05, 3.63) is 71.9 Å². The molecule has 124 valence electrons. The molecule has 1 heterocycles. The normalized spacial score (nSPS) is 10.7. The Hall–Kier alpha value is -2.59. The average molecular weight is 321 g/mol. The first-order valence-corrected chi connectivity index (χ1v) is 8.38. The summed E-state index contributed by atoms with van der Waals surface area (Å²) in [5.74, 6) is 0.870. The average Bonchev–Trinajstić information content (AvgIpc) is 3.10. The van der Waals surface area contributed by atoms with Gasteiger partial charge in [-0.25, -0.2) is 0 Å². The van der Waals surface area contributed by atoms with Crippen LogP contribution in [0, 0.1) is 0 Å². The minimum absolute atomic E-state index is 0.649. The van der Waals surface area contributed by atoms with Gasteiger partial charge in [-0.2, -0.15) is 5.10 Å². The number of para-hydroxylation sites is 1. The van der Waals surface area contributed by atoms with Crippen LogP contribution in [0.1, 0.15) is 18.2 Å². The van der Waals surface area contributed by atoms with Crippen LogP contribution in [-0.4, -0.2) is 23.3 Å². The van der Waals surface area contributed by atoms with E-state index in [-0.39, 0.29) is 0 Å². The van der Waals surface area contributed by atoms with E-state index >= 15 is 0 Å². The topological polar surface area (TPSA) is 49.9 Å². The zero-order chi connectivity index (χ0) is 16.6. The van der Waals surface area contributed by atoms with Crippen molar-refractivity contribution in [1.29, 1.82) is 0 Å². The Balaban J connectivity index is 1.67. The van der Waals surface area contributed by atoms with Crippen LogP contribution < -0.4 is 10.1 Å². The summed E-state index contributed by atoms with van der Waals surface area (Å²) in [5.41, 5.74) is 4.29. The molecule has 0 spiro atoms. The van der Waals surface area contributed by atoms with Gasteiger partial charge in [0.15, 0.2) is 0 Å². The van der Waals surface area contributed by atoms with Gasteiger partial charge in [-0.05, 0) is 30.3 Å². The predicted molar refractivity (Wildman–Crippen MR) is 97.0 cm³/mol. The van der Waals surface area contributed by atoms with E-state index in [9.17, 15) is 0 Å². The fourth-order valence-corrected chi connectivity index (χ4v) is 2.58. The van der Waals surface area contributed by atoms with Gasteiger partial charge in [0.05, 0.1) is 12.3 Å². The summed E-state index contributed by atoms with van der Waals surface area (Å²) >= 11 is 0. The Labute approximate surface area is 142 Å². The first-order chi connectivity index (χ1) is 11.9. The van der Waals surface area contributed by atoms with Crippen LogP contribution in [-0.2, 0) is 13.0 Å². The highest BCUT2D eigenvalue weighted by molar-refractivity contribution is 5.67. The van der Waals surface area contributed by atoms with E-state index < -0.39 is 0 Å². The van der Waals surface area contributed by atoms with Crippen LogP contribution in [0.2, 0.25) is 0 Å². The molecule has 0 unspecified atom stereocenters. The van der Waals surface area contributed by atoms with Crippen LogP contribution in [0.4, 0.5) is 0 Å². The van der Waals surface area contributed by atoms with E-state index in [1.54, 1.807) is 0 Å². The summed E-state index contributed by atoms with van der Waals surface area (Å²) < 4.78 is 6.02. The second kappa shape index (κ2) is 8.31. The molecule has 0 aliphatic rings. The van der Waals surface area contributed by atoms with Gasteiger partial charge in [-0.3, -0.25) is 5.10 Å². The van der Waals surface area contributed by atoms with Crippen LogP contribution >= 0.6 is 0 Å². The van der Waals surface area contributed by atoms with E-state index in [0.717, 1.165) is 42.2 Å². The van der Waals surface area contributed by atoms with Crippen LogP contribution in [0.25, 0.3) is 11.3 Å². The number of hydrogen-bond donors (Lipinski definition) is 2. The van der Waals surface area contributed by atoms with Gasteiger partial charge in [-0.1, -0.05) is 49.4 Å². The summed E-state index contributed by atoms with van der Waals surface area (Å²) in [7, 11) is 0. The lowest BCUT2D eigenvalue weighted by atomic mass is 10.1. The number of aromatic nitrogens is 2. The van der Waals surface area contributed by atoms with E-state index in [4.69, 9.17) is 4.74 Å². The molecule has 3 rings (SSSR count). The Morgan fingerprint density at radius 3 is 2.67 bits per heavy atom. The maximum Gasteiger partial charge on any atom is 0.128 e. The maximum atomic E-state index is 6.02. The molecule has 4 heteroatoms. The van der Waals surface area contributed by atoms with Crippen molar-refractivity contribution in [1.82, 2.24) is 15.5 Å². The van der Waals surface area contributed by atoms with E-state index in [2.05, 4.69) is 52.8 Å². The Bertz CT molecular complexity index is 752. The van der Waals surface area contributed by atoms with Crippen molar-refractivity contribution in [3.63, 3.8) is 0 Å². The molecule has 0 bridgehead atoms. The lowest BCUT2D eigenvalue weighted by molar-refractivity contribution is 0.323. The van der Waals surface area contributed by atoms with Crippen molar-refractivity contribution in [2.45, 2.75) is 19.9 Å². The first kappa shape index (κ1) is 16.3. The van der Waals surface area contributed by atoms with Gasteiger partial charge in [0, 0.05) is 24.2 Å². The van der Waals surface area contributed by atoms with Gasteiger partial charge >= 0.3 is 0 Å². The van der Waals surface area contributed by atoms with Gasteiger partial charge in [0.2, 0.25) is 0 Å². The highest BCUT2D eigenvalue weighted by atomic mass is 16.5. The molecule has 0 saturated carbocycles. The monoisotopic (exact) mass is 321 g/mol. The molecule has 0 aliphatic heterocycles. The maximum absolute atomic E-state index is 6.02. The van der Waals surface area contributed by atoms with Crippen LogP contribution in [0.15, 0.2) is 60.7 Å². The Morgan fingerprint density at radius 1 is 1.04 bits per heavy atom. The van der Waals surface area contributed by atoms with Crippen molar-refractivity contribution in [2.24, 2.45) is 0 Å². The van der Waals surface area contributed by atoms with Crippen LogP contribution in [0.5, 0.6) is 5.75 Å². The molecule has 0 saturated heterocycles. The molecule has 2 N–H and O–H groups in total. The number of aromatic amines is 1. The third-order valence-electron chi connectivity index (χ3n) is 3.85. The number of H-pyrrole nitrogens is 1. The summed E-state index contributed by atoms with van der Waals surface area (Å²) in [6.07, 6.45) is 0.890. The highest BCUT2D eigenvalue weighted by Gasteiger charge is 2.09. The third kappa shape index (κ3) is 4.24. The van der Waals surface area contributed by atoms with Gasteiger partial charge in [0.1, 0.15) is 5.75 Å². The number of ether oxygens (including phenoxy) is 1. The van der Waals surface area contributed by atoms with E-state index in [1.807, 2.05) is 30.3 Å². The molecule has 0 aliphatic carbocycles. The Morgan fingerprint density at radius 2 is 1.83 bits per heavy atom. The van der Waals surface area contributed by atoms with Gasteiger partial charge in [0.25, 0.3) is 0 Å². The molecule has 0 radical (unpaired) electrons. The minimum Gasteiger partial charge on any atom is -0.493 e. The fraction of sp³-hybridized carbons (Fsp3) is 0.250. The lowest BCUT2D eigenvalue weighted by Crippen LogP contribution is -2.11. The molecule has 4 nitrogen and oxygen atoms in total. The molecular formula is C20H23N3O. The zero-order valence-corrected chi connectivity index (χ0v) is 14.0. The number of nitrogens with one attached hydrogen (secondary N) is 2. The summed E-state index contributed by atoms with van der Waals surface area (Å²) in [6.45, 7) is 4.47. The number of benzene rings is 2. The zero-order valence-electron chi connectivity index (χ0n) is 14.0. The Kier molecular flexibility index (Phi) is 5.64. The highest BCUT2D eigenvalue weighted by Crippen LogP contribution is 2.28. The first-order valence-electron chi connectivity index (χ1n) is 8.38. The third-order valence-corrected chi connectivity index (χ3v) is 3.85.